The minimum atomic E-state index is -0.461. The molecular weight excluding hydrogens is 307 g/mol. The zero-order valence-electron chi connectivity index (χ0n) is 8.69. The van der Waals surface area contributed by atoms with Gasteiger partial charge in [0.05, 0.1) is 14.9 Å². The third-order valence-corrected chi connectivity index (χ3v) is 3.90. The molecule has 0 bridgehead atoms. The SMILES string of the molecule is Cn1cnnc1Sc1ccc(C#N)c(Br)c1F. The fraction of sp³-hybridized carbons (Fsp3) is 0.100. The number of nitriles is 1. The Kier molecular flexibility index (Phi) is 3.45. The van der Waals surface area contributed by atoms with Crippen LogP contribution in [0.25, 0.3) is 0 Å². The molecule has 2 aromatic rings. The highest BCUT2D eigenvalue weighted by Crippen LogP contribution is 2.33. The number of aromatic nitrogens is 3. The zero-order chi connectivity index (χ0) is 12.4. The van der Waals surface area contributed by atoms with Crippen molar-refractivity contribution in [2.75, 3.05) is 0 Å². The van der Waals surface area contributed by atoms with E-state index in [1.165, 1.54) is 0 Å². The first-order valence-electron chi connectivity index (χ1n) is 4.53. The second-order valence-corrected chi connectivity index (χ2v) is 4.98. The molecule has 2 rings (SSSR count). The first-order valence-corrected chi connectivity index (χ1v) is 6.14. The smallest absolute Gasteiger partial charge is 0.195 e. The molecule has 1 aromatic carbocycles. The van der Waals surface area contributed by atoms with E-state index in [9.17, 15) is 4.39 Å². The summed E-state index contributed by atoms with van der Waals surface area (Å²) in [7, 11) is 1.78. The Balaban J connectivity index is 2.39. The molecule has 1 heterocycles. The summed E-state index contributed by atoms with van der Waals surface area (Å²) in [5, 5.41) is 16.9. The Morgan fingerprint density at radius 2 is 2.29 bits per heavy atom. The number of benzene rings is 1. The number of aryl methyl sites for hydroxylation is 1. The monoisotopic (exact) mass is 312 g/mol. The van der Waals surface area contributed by atoms with Gasteiger partial charge >= 0.3 is 0 Å². The number of hydrogen-bond acceptors (Lipinski definition) is 4. The first-order chi connectivity index (χ1) is 8.13. The van der Waals surface area contributed by atoms with Crippen molar-refractivity contribution in [2.24, 2.45) is 7.05 Å². The lowest BCUT2D eigenvalue weighted by molar-refractivity contribution is 0.593. The molecule has 86 valence electrons. The summed E-state index contributed by atoms with van der Waals surface area (Å²) in [6, 6.07) is 5.02. The van der Waals surface area contributed by atoms with Gasteiger partial charge in [0.2, 0.25) is 0 Å². The Morgan fingerprint density at radius 3 is 2.88 bits per heavy atom. The van der Waals surface area contributed by atoms with Crippen LogP contribution in [0.3, 0.4) is 0 Å². The van der Waals surface area contributed by atoms with Crippen LogP contribution in [-0.2, 0) is 7.05 Å². The van der Waals surface area contributed by atoms with Crippen molar-refractivity contribution >= 4 is 27.7 Å². The molecule has 0 saturated heterocycles. The van der Waals surface area contributed by atoms with Crippen molar-refractivity contribution in [3.63, 3.8) is 0 Å². The van der Waals surface area contributed by atoms with Gasteiger partial charge in [-0.05, 0) is 39.8 Å². The lowest BCUT2D eigenvalue weighted by atomic mass is 10.2. The van der Waals surface area contributed by atoms with E-state index in [1.807, 2.05) is 6.07 Å². The quantitative estimate of drug-likeness (QED) is 0.855. The van der Waals surface area contributed by atoms with Crippen LogP contribution in [0.2, 0.25) is 0 Å². The summed E-state index contributed by atoms with van der Waals surface area (Å²) in [5.74, 6) is -0.461. The van der Waals surface area contributed by atoms with Gasteiger partial charge in [0.25, 0.3) is 0 Å². The highest BCUT2D eigenvalue weighted by molar-refractivity contribution is 9.10. The maximum absolute atomic E-state index is 13.9. The predicted octanol–water partition coefficient (Wildman–Crippen LogP) is 2.74. The molecule has 0 amide bonds. The highest BCUT2D eigenvalue weighted by Gasteiger charge is 2.14. The summed E-state index contributed by atoms with van der Waals surface area (Å²) >= 11 is 4.22. The average molecular weight is 313 g/mol. The third kappa shape index (κ3) is 2.33. The van der Waals surface area contributed by atoms with Crippen LogP contribution in [-0.4, -0.2) is 14.8 Å². The molecule has 0 spiro atoms. The number of hydrogen-bond donors (Lipinski definition) is 0. The van der Waals surface area contributed by atoms with Crippen LogP contribution in [0, 0.1) is 17.1 Å². The molecule has 0 aliphatic heterocycles. The molecule has 0 N–H and O–H groups in total. The third-order valence-electron chi connectivity index (χ3n) is 2.04. The second kappa shape index (κ2) is 4.85. The van der Waals surface area contributed by atoms with E-state index in [4.69, 9.17) is 5.26 Å². The summed E-state index contributed by atoms with van der Waals surface area (Å²) < 4.78 is 15.8. The van der Waals surface area contributed by atoms with Crippen molar-refractivity contribution in [2.45, 2.75) is 10.1 Å². The van der Waals surface area contributed by atoms with Crippen molar-refractivity contribution in [1.82, 2.24) is 14.8 Å². The van der Waals surface area contributed by atoms with Gasteiger partial charge in [-0.1, -0.05) is 0 Å². The molecule has 17 heavy (non-hydrogen) atoms. The Hall–Kier alpha value is -1.39. The average Bonchev–Trinajstić information content (AvgIpc) is 2.71. The molecule has 0 atom stereocenters. The van der Waals surface area contributed by atoms with E-state index in [1.54, 1.807) is 30.1 Å². The zero-order valence-corrected chi connectivity index (χ0v) is 11.1. The first kappa shape index (κ1) is 12.1. The molecule has 0 radical (unpaired) electrons. The van der Waals surface area contributed by atoms with Crippen molar-refractivity contribution < 1.29 is 4.39 Å². The number of rotatable bonds is 2. The largest absolute Gasteiger partial charge is 0.311 e. The molecule has 4 nitrogen and oxygen atoms in total. The summed E-state index contributed by atoms with van der Waals surface area (Å²) in [5.41, 5.74) is 0.268. The maximum Gasteiger partial charge on any atom is 0.195 e. The van der Waals surface area contributed by atoms with Crippen molar-refractivity contribution in [1.29, 1.82) is 5.26 Å². The molecule has 0 fully saturated rings. The molecule has 0 unspecified atom stereocenters. The van der Waals surface area contributed by atoms with Crippen LogP contribution in [0.1, 0.15) is 5.56 Å². The van der Waals surface area contributed by atoms with E-state index in [-0.39, 0.29) is 10.0 Å². The Bertz CT molecular complexity index is 605. The topological polar surface area (TPSA) is 54.5 Å². The summed E-state index contributed by atoms with van der Waals surface area (Å²) in [4.78, 5) is 0.395. The predicted molar refractivity (Wildman–Crippen MR) is 63.9 cm³/mol. The fourth-order valence-corrected chi connectivity index (χ4v) is 2.53. The molecule has 0 saturated carbocycles. The van der Waals surface area contributed by atoms with Crippen molar-refractivity contribution in [3.8, 4) is 6.07 Å². The molecule has 0 aliphatic carbocycles. The van der Waals surface area contributed by atoms with Gasteiger partial charge in [0.15, 0.2) is 11.0 Å². The van der Waals surface area contributed by atoms with Gasteiger partial charge in [-0.25, -0.2) is 4.39 Å². The van der Waals surface area contributed by atoms with E-state index in [2.05, 4.69) is 26.1 Å². The number of halogens is 2. The standard InChI is InChI=1S/C10H6BrFN4S/c1-16-5-14-15-10(16)17-7-3-2-6(4-13)8(11)9(7)12/h2-3,5H,1H3. The second-order valence-electron chi connectivity index (χ2n) is 3.18. The Morgan fingerprint density at radius 1 is 1.53 bits per heavy atom. The normalized spacial score (nSPS) is 10.2. The number of nitrogens with zero attached hydrogens (tertiary/aromatic N) is 4. The van der Waals surface area contributed by atoms with E-state index in [0.29, 0.717) is 10.1 Å². The minimum absolute atomic E-state index is 0.173. The van der Waals surface area contributed by atoms with Crippen LogP contribution >= 0.6 is 27.7 Å². The van der Waals surface area contributed by atoms with Crippen LogP contribution in [0.4, 0.5) is 4.39 Å². The molecule has 7 heteroatoms. The molecular formula is C10H6BrFN4S. The van der Waals surface area contributed by atoms with Gasteiger partial charge in [-0.15, -0.1) is 10.2 Å². The summed E-state index contributed by atoms with van der Waals surface area (Å²) in [6.45, 7) is 0. The van der Waals surface area contributed by atoms with Gasteiger partial charge in [0.1, 0.15) is 12.4 Å². The maximum atomic E-state index is 13.9. The lowest BCUT2D eigenvalue weighted by Gasteiger charge is -2.04. The van der Waals surface area contributed by atoms with Gasteiger partial charge in [0, 0.05) is 7.05 Å². The van der Waals surface area contributed by atoms with E-state index in [0.717, 1.165) is 11.8 Å². The van der Waals surface area contributed by atoms with Gasteiger partial charge in [-0.2, -0.15) is 5.26 Å². The fourth-order valence-electron chi connectivity index (χ4n) is 1.16. The van der Waals surface area contributed by atoms with E-state index < -0.39 is 5.82 Å². The molecule has 0 aliphatic rings. The Labute approximate surface area is 110 Å². The van der Waals surface area contributed by atoms with Gasteiger partial charge < -0.3 is 4.57 Å². The highest BCUT2D eigenvalue weighted by atomic mass is 79.9. The van der Waals surface area contributed by atoms with Crippen LogP contribution < -0.4 is 0 Å². The van der Waals surface area contributed by atoms with Gasteiger partial charge in [-0.3, -0.25) is 0 Å². The lowest BCUT2D eigenvalue weighted by Crippen LogP contribution is -1.92. The minimum Gasteiger partial charge on any atom is -0.311 e. The van der Waals surface area contributed by atoms with Crippen LogP contribution in [0.5, 0.6) is 0 Å². The van der Waals surface area contributed by atoms with Crippen molar-refractivity contribution in [3.05, 3.63) is 34.3 Å². The molecule has 1 aromatic heterocycles. The van der Waals surface area contributed by atoms with E-state index >= 15 is 0 Å². The van der Waals surface area contributed by atoms with Crippen LogP contribution in [0.15, 0.2) is 33.0 Å². The summed E-state index contributed by atoms with van der Waals surface area (Å²) in [6.07, 6.45) is 1.54.